The number of rotatable bonds is 4. The van der Waals surface area contributed by atoms with Crippen LogP contribution in [0.25, 0.3) is 0 Å². The number of urea groups is 1. The van der Waals surface area contributed by atoms with Gasteiger partial charge in [0.1, 0.15) is 0 Å². The van der Waals surface area contributed by atoms with Gasteiger partial charge in [-0.3, -0.25) is 10.1 Å². The molecule has 5 nitrogen and oxygen atoms in total. The number of primary amides is 1. The number of thioether (sulfide) groups is 1. The number of carbonyl (C=O) groups is 2. The second-order valence-electron chi connectivity index (χ2n) is 4.46. The lowest BCUT2D eigenvalue weighted by molar-refractivity contribution is -0.121. The molecule has 0 aromatic heterocycles. The van der Waals surface area contributed by atoms with Gasteiger partial charge in [0.15, 0.2) is 0 Å². The molecule has 0 bridgehead atoms. The minimum Gasteiger partial charge on any atom is -0.351 e. The highest BCUT2D eigenvalue weighted by molar-refractivity contribution is 7.99. The average molecular weight is 259 g/mol. The van der Waals surface area contributed by atoms with Gasteiger partial charge in [-0.2, -0.15) is 11.8 Å². The smallest absolute Gasteiger partial charge is 0.318 e. The van der Waals surface area contributed by atoms with Gasteiger partial charge in [0.2, 0.25) is 5.91 Å². The van der Waals surface area contributed by atoms with Crippen molar-refractivity contribution in [1.82, 2.24) is 10.6 Å². The summed E-state index contributed by atoms with van der Waals surface area (Å²) in [6, 6.07) is -0.822. The van der Waals surface area contributed by atoms with Crippen LogP contribution in [-0.4, -0.2) is 35.5 Å². The monoisotopic (exact) mass is 259 g/mol. The highest BCUT2D eigenvalue weighted by Crippen LogP contribution is 2.27. The van der Waals surface area contributed by atoms with Crippen LogP contribution in [0, 0.1) is 0 Å². The van der Waals surface area contributed by atoms with Crippen LogP contribution in [0.2, 0.25) is 0 Å². The first-order chi connectivity index (χ1) is 8.02. The van der Waals surface area contributed by atoms with Gasteiger partial charge in [0.05, 0.1) is 6.04 Å². The topological polar surface area (TPSA) is 84.2 Å². The molecular formula is C11H21N3O2S. The minimum atomic E-state index is -0.797. The van der Waals surface area contributed by atoms with E-state index < -0.39 is 6.03 Å². The summed E-state index contributed by atoms with van der Waals surface area (Å²) in [6.45, 7) is 1.75. The highest BCUT2D eigenvalue weighted by atomic mass is 32.2. The van der Waals surface area contributed by atoms with Gasteiger partial charge in [-0.05, 0) is 32.4 Å². The normalized spacial score (nSPS) is 26.2. The van der Waals surface area contributed by atoms with Crippen LogP contribution in [0.5, 0.6) is 0 Å². The van der Waals surface area contributed by atoms with Gasteiger partial charge in [0, 0.05) is 11.3 Å². The predicted octanol–water partition coefficient (Wildman–Crippen LogP) is 0.834. The first-order valence-corrected chi connectivity index (χ1v) is 7.21. The van der Waals surface area contributed by atoms with Crippen molar-refractivity contribution in [2.45, 2.75) is 49.9 Å². The Hall–Kier alpha value is -0.750. The molecule has 3 unspecified atom stereocenters. The maximum atomic E-state index is 11.5. The number of hydrogen-bond acceptors (Lipinski definition) is 4. The second-order valence-corrected chi connectivity index (χ2v) is 5.60. The molecule has 3 atom stereocenters. The summed E-state index contributed by atoms with van der Waals surface area (Å²) in [7, 11) is 0. The zero-order valence-corrected chi connectivity index (χ0v) is 11.2. The quantitative estimate of drug-likeness (QED) is 0.698. The van der Waals surface area contributed by atoms with E-state index in [9.17, 15) is 9.59 Å². The molecule has 0 radical (unpaired) electrons. The SMILES string of the molecule is CSC1CCCC(NC(C)C(=O)NC(N)=O)C1. The predicted molar refractivity (Wildman–Crippen MR) is 69.9 cm³/mol. The van der Waals surface area contributed by atoms with E-state index >= 15 is 0 Å². The molecule has 0 aliphatic heterocycles. The van der Waals surface area contributed by atoms with Crippen LogP contribution in [-0.2, 0) is 4.79 Å². The molecule has 1 rings (SSSR count). The van der Waals surface area contributed by atoms with E-state index in [2.05, 4.69) is 16.9 Å². The standard InChI is InChI=1S/C11H21N3O2S/c1-7(10(15)14-11(12)16)13-8-4-3-5-9(6-8)17-2/h7-9,13H,3-6H2,1-2H3,(H3,12,14,15,16). The summed E-state index contributed by atoms with van der Waals surface area (Å²) >= 11 is 1.88. The molecule has 1 saturated carbocycles. The van der Waals surface area contributed by atoms with Gasteiger partial charge >= 0.3 is 6.03 Å². The van der Waals surface area contributed by atoms with Crippen LogP contribution in [0.1, 0.15) is 32.6 Å². The van der Waals surface area contributed by atoms with E-state index in [-0.39, 0.29) is 11.9 Å². The van der Waals surface area contributed by atoms with Crippen LogP contribution in [0.3, 0.4) is 0 Å². The Morgan fingerprint density at radius 3 is 2.71 bits per heavy atom. The van der Waals surface area contributed by atoms with Crippen LogP contribution >= 0.6 is 11.8 Å². The summed E-state index contributed by atoms with van der Waals surface area (Å²) in [4.78, 5) is 22.1. The Bertz CT molecular complexity index is 286. The van der Waals surface area contributed by atoms with Crippen molar-refractivity contribution in [2.75, 3.05) is 6.26 Å². The summed E-state index contributed by atoms with van der Waals surface area (Å²) in [5, 5.41) is 6.02. The number of hydrogen-bond donors (Lipinski definition) is 3. The van der Waals surface area contributed by atoms with Crippen molar-refractivity contribution in [3.8, 4) is 0 Å². The van der Waals surface area contributed by atoms with Gasteiger partial charge in [-0.15, -0.1) is 0 Å². The lowest BCUT2D eigenvalue weighted by Crippen LogP contribution is -2.50. The zero-order valence-electron chi connectivity index (χ0n) is 10.4. The first-order valence-electron chi connectivity index (χ1n) is 5.92. The third-order valence-electron chi connectivity index (χ3n) is 3.08. The average Bonchev–Trinajstić information content (AvgIpc) is 2.28. The third kappa shape index (κ3) is 4.95. The van der Waals surface area contributed by atoms with E-state index in [1.165, 1.54) is 12.8 Å². The van der Waals surface area contributed by atoms with Gasteiger partial charge < -0.3 is 11.1 Å². The fourth-order valence-corrected chi connectivity index (χ4v) is 3.00. The maximum absolute atomic E-state index is 11.5. The molecule has 6 heteroatoms. The molecule has 0 saturated heterocycles. The molecular weight excluding hydrogens is 238 g/mol. The van der Waals surface area contributed by atoms with Crippen molar-refractivity contribution in [2.24, 2.45) is 5.73 Å². The van der Waals surface area contributed by atoms with Crippen molar-refractivity contribution < 1.29 is 9.59 Å². The van der Waals surface area contributed by atoms with Crippen molar-refractivity contribution in [3.63, 3.8) is 0 Å². The Balaban J connectivity index is 2.37. The molecule has 0 aromatic carbocycles. The maximum Gasteiger partial charge on any atom is 0.318 e. The van der Waals surface area contributed by atoms with Crippen LogP contribution < -0.4 is 16.4 Å². The van der Waals surface area contributed by atoms with E-state index in [0.717, 1.165) is 12.8 Å². The molecule has 0 heterocycles. The Morgan fingerprint density at radius 1 is 1.41 bits per heavy atom. The van der Waals surface area contributed by atoms with Crippen molar-refractivity contribution in [3.05, 3.63) is 0 Å². The van der Waals surface area contributed by atoms with Crippen LogP contribution in [0.4, 0.5) is 4.79 Å². The molecule has 98 valence electrons. The fraction of sp³-hybridized carbons (Fsp3) is 0.818. The van der Waals surface area contributed by atoms with Gasteiger partial charge in [-0.1, -0.05) is 6.42 Å². The molecule has 4 N–H and O–H groups in total. The van der Waals surface area contributed by atoms with Crippen molar-refractivity contribution in [1.29, 1.82) is 0 Å². The van der Waals surface area contributed by atoms with E-state index in [4.69, 9.17) is 5.73 Å². The number of imide groups is 1. The van der Waals surface area contributed by atoms with E-state index in [1.54, 1.807) is 6.92 Å². The highest BCUT2D eigenvalue weighted by Gasteiger charge is 2.24. The van der Waals surface area contributed by atoms with E-state index in [1.807, 2.05) is 11.8 Å². The zero-order chi connectivity index (χ0) is 12.8. The van der Waals surface area contributed by atoms with Crippen molar-refractivity contribution >= 4 is 23.7 Å². The number of carbonyl (C=O) groups excluding carboxylic acids is 2. The molecule has 1 fully saturated rings. The lowest BCUT2D eigenvalue weighted by atomic mass is 9.94. The summed E-state index contributed by atoms with van der Waals surface area (Å²) < 4.78 is 0. The summed E-state index contributed by atoms with van der Waals surface area (Å²) in [5.74, 6) is -0.358. The molecule has 0 spiro atoms. The largest absolute Gasteiger partial charge is 0.351 e. The molecule has 3 amide bonds. The third-order valence-corrected chi connectivity index (χ3v) is 4.18. The fourth-order valence-electron chi connectivity index (χ4n) is 2.17. The lowest BCUT2D eigenvalue weighted by Gasteiger charge is -2.30. The van der Waals surface area contributed by atoms with Gasteiger partial charge in [-0.25, -0.2) is 4.79 Å². The summed E-state index contributed by atoms with van der Waals surface area (Å²) in [5.41, 5.74) is 4.91. The molecule has 0 aromatic rings. The first kappa shape index (κ1) is 14.3. The second kappa shape index (κ2) is 6.86. The number of amides is 3. The Morgan fingerprint density at radius 2 is 2.12 bits per heavy atom. The van der Waals surface area contributed by atoms with E-state index in [0.29, 0.717) is 11.3 Å². The minimum absolute atomic E-state index is 0.356. The van der Waals surface area contributed by atoms with Crippen LogP contribution in [0.15, 0.2) is 0 Å². The summed E-state index contributed by atoms with van der Waals surface area (Å²) in [6.07, 6.45) is 6.73. The molecule has 1 aliphatic rings. The Labute approximate surface area is 106 Å². The molecule has 17 heavy (non-hydrogen) atoms. The Kier molecular flexibility index (Phi) is 5.77. The number of nitrogens with one attached hydrogen (secondary N) is 2. The molecule has 1 aliphatic carbocycles. The van der Waals surface area contributed by atoms with Gasteiger partial charge in [0.25, 0.3) is 0 Å². The number of nitrogens with two attached hydrogens (primary N) is 1.